The first-order valence-corrected chi connectivity index (χ1v) is 10.2. The molecule has 22 heavy (non-hydrogen) atoms. The van der Waals surface area contributed by atoms with Crippen LogP contribution in [-0.2, 0) is 4.79 Å². The summed E-state index contributed by atoms with van der Waals surface area (Å²) in [4.78, 5) is 17.0. The Hall–Kier alpha value is -0.780. The molecule has 0 N–H and O–H groups in total. The predicted molar refractivity (Wildman–Crippen MR) is 96.5 cm³/mol. The van der Waals surface area contributed by atoms with Gasteiger partial charge in [0.2, 0.25) is 5.91 Å². The summed E-state index contributed by atoms with van der Waals surface area (Å²) < 4.78 is 0. The molecule has 0 atom stereocenters. The first-order chi connectivity index (χ1) is 10.8. The highest BCUT2D eigenvalue weighted by atomic mass is 32.2. The molecule has 1 amide bonds. The highest BCUT2D eigenvalue weighted by molar-refractivity contribution is 7.99. The zero-order chi connectivity index (χ0) is 15.2. The Bertz CT molecular complexity index is 495. The molecule has 3 rings (SSSR count). The van der Waals surface area contributed by atoms with E-state index in [4.69, 9.17) is 0 Å². The standard InChI is InChI=1S/C17H24N2OS2/c20-17(3-2-15-4-11-22-14-15)19-8-1-7-18(9-10-19)16-5-12-21-13-6-16/h2-4,11,14,16H,1,5-10,12-13H2/b3-2+. The van der Waals surface area contributed by atoms with Gasteiger partial charge < -0.3 is 4.90 Å². The maximum atomic E-state index is 12.3. The SMILES string of the molecule is O=C(/C=C/c1ccsc1)N1CCCN(C2CCSCC2)CC1. The van der Waals surface area contributed by atoms with Crippen LogP contribution in [0, 0.1) is 0 Å². The van der Waals surface area contributed by atoms with Gasteiger partial charge in [-0.1, -0.05) is 0 Å². The maximum Gasteiger partial charge on any atom is 0.246 e. The lowest BCUT2D eigenvalue weighted by molar-refractivity contribution is -0.125. The molecule has 2 aliphatic heterocycles. The second-order valence-electron chi connectivity index (χ2n) is 5.95. The van der Waals surface area contributed by atoms with Gasteiger partial charge in [-0.05, 0) is 59.2 Å². The van der Waals surface area contributed by atoms with Crippen LogP contribution < -0.4 is 0 Å². The topological polar surface area (TPSA) is 23.6 Å². The van der Waals surface area contributed by atoms with E-state index in [1.54, 1.807) is 17.4 Å². The first kappa shape index (κ1) is 16.1. The van der Waals surface area contributed by atoms with E-state index in [0.717, 1.165) is 44.2 Å². The Morgan fingerprint density at radius 2 is 2.05 bits per heavy atom. The average Bonchev–Trinajstić information content (AvgIpc) is 2.96. The summed E-state index contributed by atoms with van der Waals surface area (Å²) in [7, 11) is 0. The van der Waals surface area contributed by atoms with Crippen molar-refractivity contribution in [2.75, 3.05) is 37.7 Å². The summed E-state index contributed by atoms with van der Waals surface area (Å²) in [6, 6.07) is 2.79. The Morgan fingerprint density at radius 1 is 1.18 bits per heavy atom. The third-order valence-electron chi connectivity index (χ3n) is 4.51. The zero-order valence-electron chi connectivity index (χ0n) is 12.9. The fourth-order valence-corrected chi connectivity index (χ4v) is 4.93. The van der Waals surface area contributed by atoms with Gasteiger partial charge >= 0.3 is 0 Å². The normalized spacial score (nSPS) is 22.1. The quantitative estimate of drug-likeness (QED) is 0.792. The first-order valence-electron chi connectivity index (χ1n) is 8.14. The lowest BCUT2D eigenvalue weighted by Gasteiger charge is -2.33. The second kappa shape index (κ2) is 8.18. The zero-order valence-corrected chi connectivity index (χ0v) is 14.6. The molecule has 0 saturated carbocycles. The number of carbonyl (C=O) groups excluding carboxylic acids is 1. The minimum atomic E-state index is 0.159. The van der Waals surface area contributed by atoms with Crippen LogP contribution >= 0.6 is 23.1 Å². The Balaban J connectivity index is 1.52. The van der Waals surface area contributed by atoms with Gasteiger partial charge in [-0.3, -0.25) is 9.69 Å². The number of thioether (sulfide) groups is 1. The third kappa shape index (κ3) is 4.37. The molecule has 2 saturated heterocycles. The average molecular weight is 337 g/mol. The van der Waals surface area contributed by atoms with Crippen LogP contribution in [0.2, 0.25) is 0 Å². The van der Waals surface area contributed by atoms with Crippen LogP contribution in [0.15, 0.2) is 22.9 Å². The Morgan fingerprint density at radius 3 is 2.82 bits per heavy atom. The number of carbonyl (C=O) groups is 1. The molecule has 0 bridgehead atoms. The molecular formula is C17H24N2OS2. The number of nitrogens with zero attached hydrogens (tertiary/aromatic N) is 2. The monoisotopic (exact) mass is 336 g/mol. The molecule has 3 nitrogen and oxygen atoms in total. The highest BCUT2D eigenvalue weighted by Crippen LogP contribution is 2.22. The summed E-state index contributed by atoms with van der Waals surface area (Å²) in [6.45, 7) is 3.95. The van der Waals surface area contributed by atoms with Crippen molar-refractivity contribution in [3.63, 3.8) is 0 Å². The van der Waals surface area contributed by atoms with Gasteiger partial charge in [0.05, 0.1) is 0 Å². The molecule has 0 aromatic carbocycles. The van der Waals surface area contributed by atoms with Crippen molar-refractivity contribution in [1.82, 2.24) is 9.80 Å². The number of thiophene rings is 1. The van der Waals surface area contributed by atoms with E-state index in [1.165, 1.54) is 24.3 Å². The van der Waals surface area contributed by atoms with E-state index < -0.39 is 0 Å². The molecule has 0 spiro atoms. The van der Waals surface area contributed by atoms with Crippen LogP contribution in [0.25, 0.3) is 6.08 Å². The Kier molecular flexibility index (Phi) is 5.98. The van der Waals surface area contributed by atoms with E-state index in [2.05, 4.69) is 22.0 Å². The van der Waals surface area contributed by atoms with Gasteiger partial charge in [-0.25, -0.2) is 0 Å². The van der Waals surface area contributed by atoms with Gasteiger partial charge in [0.15, 0.2) is 0 Å². The smallest absolute Gasteiger partial charge is 0.246 e. The highest BCUT2D eigenvalue weighted by Gasteiger charge is 2.24. The fourth-order valence-electron chi connectivity index (χ4n) is 3.22. The Labute approximate surface area is 141 Å². The molecule has 2 fully saturated rings. The van der Waals surface area contributed by atoms with Crippen molar-refractivity contribution in [2.24, 2.45) is 0 Å². The van der Waals surface area contributed by atoms with Crippen molar-refractivity contribution in [3.8, 4) is 0 Å². The fraction of sp³-hybridized carbons (Fsp3) is 0.588. The number of hydrogen-bond acceptors (Lipinski definition) is 4. The summed E-state index contributed by atoms with van der Waals surface area (Å²) in [5, 5.41) is 4.10. The van der Waals surface area contributed by atoms with E-state index in [9.17, 15) is 4.79 Å². The molecule has 2 aliphatic rings. The van der Waals surface area contributed by atoms with Crippen LogP contribution in [0.4, 0.5) is 0 Å². The summed E-state index contributed by atoms with van der Waals surface area (Å²) in [5.41, 5.74) is 1.12. The minimum absolute atomic E-state index is 0.159. The van der Waals surface area contributed by atoms with Gasteiger partial charge in [0.1, 0.15) is 0 Å². The number of hydrogen-bond donors (Lipinski definition) is 0. The lowest BCUT2D eigenvalue weighted by Crippen LogP contribution is -2.41. The molecule has 0 unspecified atom stereocenters. The van der Waals surface area contributed by atoms with Crippen molar-refractivity contribution in [1.29, 1.82) is 0 Å². The van der Waals surface area contributed by atoms with E-state index in [-0.39, 0.29) is 5.91 Å². The van der Waals surface area contributed by atoms with Crippen molar-refractivity contribution in [2.45, 2.75) is 25.3 Å². The van der Waals surface area contributed by atoms with Crippen LogP contribution in [0.3, 0.4) is 0 Å². The predicted octanol–water partition coefficient (Wildman–Crippen LogP) is 3.19. The van der Waals surface area contributed by atoms with Gasteiger partial charge in [-0.15, -0.1) is 0 Å². The molecule has 1 aromatic rings. The van der Waals surface area contributed by atoms with Crippen molar-refractivity contribution in [3.05, 3.63) is 28.5 Å². The largest absolute Gasteiger partial charge is 0.338 e. The van der Waals surface area contributed by atoms with Crippen LogP contribution in [0.1, 0.15) is 24.8 Å². The van der Waals surface area contributed by atoms with E-state index in [1.807, 2.05) is 22.4 Å². The van der Waals surface area contributed by atoms with Crippen molar-refractivity contribution < 1.29 is 4.79 Å². The third-order valence-corrected chi connectivity index (χ3v) is 6.26. The van der Waals surface area contributed by atoms with Gasteiger partial charge in [0.25, 0.3) is 0 Å². The second-order valence-corrected chi connectivity index (χ2v) is 7.95. The summed E-state index contributed by atoms with van der Waals surface area (Å²) in [6.07, 6.45) is 7.39. The number of amides is 1. The maximum absolute atomic E-state index is 12.3. The number of rotatable bonds is 3. The molecule has 120 valence electrons. The van der Waals surface area contributed by atoms with Gasteiger partial charge in [-0.2, -0.15) is 23.1 Å². The minimum Gasteiger partial charge on any atom is -0.338 e. The van der Waals surface area contributed by atoms with Crippen LogP contribution in [-0.4, -0.2) is 59.4 Å². The van der Waals surface area contributed by atoms with Gasteiger partial charge in [0, 0.05) is 38.3 Å². The summed E-state index contributed by atoms with van der Waals surface area (Å²) in [5.74, 6) is 2.76. The molecule has 0 radical (unpaired) electrons. The van der Waals surface area contributed by atoms with E-state index in [0.29, 0.717) is 0 Å². The van der Waals surface area contributed by atoms with Crippen molar-refractivity contribution >= 4 is 35.1 Å². The molecule has 0 aliphatic carbocycles. The van der Waals surface area contributed by atoms with E-state index >= 15 is 0 Å². The molecule has 3 heterocycles. The summed E-state index contributed by atoms with van der Waals surface area (Å²) >= 11 is 3.74. The molecule has 1 aromatic heterocycles. The molecular weight excluding hydrogens is 312 g/mol. The van der Waals surface area contributed by atoms with Crippen LogP contribution in [0.5, 0.6) is 0 Å². The molecule has 5 heteroatoms. The lowest BCUT2D eigenvalue weighted by atomic mass is 10.1.